The van der Waals surface area contributed by atoms with Crippen LogP contribution in [-0.4, -0.2) is 38.4 Å². The van der Waals surface area contributed by atoms with Gasteiger partial charge in [0.15, 0.2) is 0 Å². The lowest BCUT2D eigenvalue weighted by atomic mass is 10.1. The third-order valence-corrected chi connectivity index (χ3v) is 5.53. The van der Waals surface area contributed by atoms with Crippen molar-refractivity contribution in [3.05, 3.63) is 28.2 Å². The highest BCUT2D eigenvalue weighted by Crippen LogP contribution is 2.25. The number of carbonyl (C=O) groups is 2. The molecular formula is C17H25Cl2N3O4S. The molecule has 1 atom stereocenters. The van der Waals surface area contributed by atoms with Gasteiger partial charge >= 0.3 is 0 Å². The molecule has 3 N–H and O–H groups in total. The zero-order valence-corrected chi connectivity index (χ0v) is 18.0. The number of sulfonamides is 1. The van der Waals surface area contributed by atoms with E-state index in [4.69, 9.17) is 23.2 Å². The van der Waals surface area contributed by atoms with E-state index in [-0.39, 0.29) is 45.8 Å². The molecule has 1 aromatic carbocycles. The Morgan fingerprint density at radius 1 is 1.04 bits per heavy atom. The molecule has 0 aliphatic heterocycles. The molecule has 2 amide bonds. The fourth-order valence-corrected chi connectivity index (χ4v) is 4.22. The van der Waals surface area contributed by atoms with Gasteiger partial charge in [-0.15, -0.1) is 0 Å². The first-order chi connectivity index (χ1) is 12.4. The molecule has 0 saturated heterocycles. The quantitative estimate of drug-likeness (QED) is 0.551. The van der Waals surface area contributed by atoms with Crippen LogP contribution in [0.1, 0.15) is 40.5 Å². The Morgan fingerprint density at radius 2 is 1.63 bits per heavy atom. The van der Waals surface area contributed by atoms with E-state index in [2.05, 4.69) is 15.4 Å². The second-order valence-electron chi connectivity index (χ2n) is 6.67. The van der Waals surface area contributed by atoms with Crippen LogP contribution in [0.3, 0.4) is 0 Å². The van der Waals surface area contributed by atoms with E-state index in [0.717, 1.165) is 0 Å². The van der Waals surface area contributed by atoms with Gasteiger partial charge in [0.25, 0.3) is 0 Å². The minimum absolute atomic E-state index is 0.00544. The summed E-state index contributed by atoms with van der Waals surface area (Å²) >= 11 is 11.8. The Morgan fingerprint density at radius 3 is 2.19 bits per heavy atom. The number of hydrogen-bond acceptors (Lipinski definition) is 4. The maximum atomic E-state index is 12.7. The topological polar surface area (TPSA) is 104 Å². The third kappa shape index (κ3) is 8.04. The first-order valence-electron chi connectivity index (χ1n) is 8.49. The van der Waals surface area contributed by atoms with Gasteiger partial charge < -0.3 is 10.6 Å². The van der Waals surface area contributed by atoms with Crippen LogP contribution in [-0.2, 0) is 19.6 Å². The van der Waals surface area contributed by atoms with Crippen molar-refractivity contribution in [2.75, 3.05) is 0 Å². The normalized spacial score (nSPS) is 12.9. The number of carbonyl (C=O) groups excluding carboxylic acids is 2. The molecule has 0 saturated carbocycles. The molecule has 0 spiro atoms. The average molecular weight is 438 g/mol. The summed E-state index contributed by atoms with van der Waals surface area (Å²) in [4.78, 5) is 24.1. The molecule has 0 aliphatic rings. The fourth-order valence-electron chi connectivity index (χ4n) is 2.23. The van der Waals surface area contributed by atoms with Crippen molar-refractivity contribution in [2.45, 2.75) is 63.6 Å². The number of nitrogens with one attached hydrogen (secondary N) is 3. The maximum absolute atomic E-state index is 12.7. The smallest absolute Gasteiger partial charge is 0.242 e. The van der Waals surface area contributed by atoms with E-state index < -0.39 is 22.0 Å². The summed E-state index contributed by atoms with van der Waals surface area (Å²) < 4.78 is 27.7. The van der Waals surface area contributed by atoms with E-state index in [1.54, 1.807) is 13.8 Å². The molecule has 0 unspecified atom stereocenters. The molecule has 10 heteroatoms. The minimum atomic E-state index is -4.12. The van der Waals surface area contributed by atoms with Crippen LogP contribution >= 0.6 is 23.2 Å². The Hall–Kier alpha value is -1.35. The summed E-state index contributed by atoms with van der Waals surface area (Å²) in [6.07, 6.45) is -0.0192. The van der Waals surface area contributed by atoms with Crippen LogP contribution in [0, 0.1) is 0 Å². The van der Waals surface area contributed by atoms with Crippen LogP contribution in [0.25, 0.3) is 0 Å². The summed E-state index contributed by atoms with van der Waals surface area (Å²) in [5.74, 6) is -0.795. The van der Waals surface area contributed by atoms with Gasteiger partial charge in [-0.3, -0.25) is 9.59 Å². The predicted octanol–water partition coefficient (Wildman–Crippen LogP) is 2.47. The van der Waals surface area contributed by atoms with Crippen molar-refractivity contribution >= 4 is 45.0 Å². The van der Waals surface area contributed by atoms with Gasteiger partial charge in [0.05, 0.1) is 5.02 Å². The molecule has 0 fully saturated rings. The van der Waals surface area contributed by atoms with Crippen molar-refractivity contribution in [1.29, 1.82) is 0 Å². The van der Waals surface area contributed by atoms with E-state index in [1.807, 2.05) is 13.8 Å². The second kappa shape index (κ2) is 10.3. The van der Waals surface area contributed by atoms with Crippen LogP contribution in [0.15, 0.2) is 23.1 Å². The van der Waals surface area contributed by atoms with Gasteiger partial charge in [0.1, 0.15) is 10.9 Å². The van der Waals surface area contributed by atoms with E-state index in [1.165, 1.54) is 18.2 Å². The van der Waals surface area contributed by atoms with Gasteiger partial charge in [-0.05, 0) is 52.3 Å². The fraction of sp³-hybridized carbons (Fsp3) is 0.529. The van der Waals surface area contributed by atoms with Crippen LogP contribution in [0.5, 0.6) is 0 Å². The molecule has 0 aromatic heterocycles. The number of halogens is 2. The third-order valence-electron chi connectivity index (χ3n) is 3.34. The van der Waals surface area contributed by atoms with Crippen molar-refractivity contribution in [2.24, 2.45) is 0 Å². The lowest BCUT2D eigenvalue weighted by Gasteiger charge is -2.20. The highest BCUT2D eigenvalue weighted by Gasteiger charge is 2.28. The van der Waals surface area contributed by atoms with E-state index in [9.17, 15) is 18.0 Å². The highest BCUT2D eigenvalue weighted by atomic mass is 35.5. The lowest BCUT2D eigenvalue weighted by molar-refractivity contribution is -0.124. The van der Waals surface area contributed by atoms with Crippen LogP contribution in [0.2, 0.25) is 10.0 Å². The molecule has 7 nitrogen and oxygen atoms in total. The summed E-state index contributed by atoms with van der Waals surface area (Å²) in [5.41, 5.74) is 0. The molecule has 152 valence electrons. The van der Waals surface area contributed by atoms with Crippen LogP contribution in [0.4, 0.5) is 0 Å². The van der Waals surface area contributed by atoms with Crippen molar-refractivity contribution < 1.29 is 18.0 Å². The van der Waals surface area contributed by atoms with Gasteiger partial charge in [-0.1, -0.05) is 23.2 Å². The number of benzene rings is 1. The van der Waals surface area contributed by atoms with Gasteiger partial charge in [0, 0.05) is 23.5 Å². The van der Waals surface area contributed by atoms with Crippen molar-refractivity contribution in [1.82, 2.24) is 15.4 Å². The van der Waals surface area contributed by atoms with Gasteiger partial charge in [-0.2, -0.15) is 4.72 Å². The molecule has 0 heterocycles. The Bertz CT molecular complexity index is 782. The number of rotatable bonds is 9. The summed E-state index contributed by atoms with van der Waals surface area (Å²) in [5, 5.41) is 5.53. The molecule has 0 aliphatic carbocycles. The Kier molecular flexibility index (Phi) is 9.01. The number of amides is 2. The largest absolute Gasteiger partial charge is 0.354 e. The monoisotopic (exact) mass is 437 g/mol. The minimum Gasteiger partial charge on any atom is -0.354 e. The van der Waals surface area contributed by atoms with Crippen LogP contribution < -0.4 is 15.4 Å². The standard InChI is InChI=1S/C17H25Cl2N3O4S/c1-10(2)20-16(23)8-7-14(17(24)21-11(3)4)22-27(25,26)15-9-12(18)5-6-13(15)19/h5-6,9-11,14,22H,7-8H2,1-4H3,(H,20,23)(H,21,24)/t14-/m0/s1. The van der Waals surface area contributed by atoms with E-state index in [0.29, 0.717) is 0 Å². The zero-order chi connectivity index (χ0) is 20.8. The molecule has 0 bridgehead atoms. The Labute approximate surface area is 170 Å². The molecule has 1 aromatic rings. The first-order valence-corrected chi connectivity index (χ1v) is 10.7. The second-order valence-corrected chi connectivity index (χ2v) is 9.20. The van der Waals surface area contributed by atoms with Crippen molar-refractivity contribution in [3.8, 4) is 0 Å². The van der Waals surface area contributed by atoms with E-state index >= 15 is 0 Å². The Balaban J connectivity index is 3.02. The number of hydrogen-bond donors (Lipinski definition) is 3. The summed E-state index contributed by atoms with van der Waals surface area (Å²) in [7, 11) is -4.12. The lowest BCUT2D eigenvalue weighted by Crippen LogP contribution is -2.49. The molecule has 27 heavy (non-hydrogen) atoms. The predicted molar refractivity (Wildman–Crippen MR) is 106 cm³/mol. The maximum Gasteiger partial charge on any atom is 0.242 e. The first kappa shape index (κ1) is 23.7. The summed E-state index contributed by atoms with van der Waals surface area (Å²) in [6.45, 7) is 7.13. The molecule has 1 rings (SSSR count). The van der Waals surface area contributed by atoms with Crippen molar-refractivity contribution in [3.63, 3.8) is 0 Å². The summed E-state index contributed by atoms with van der Waals surface area (Å²) in [6, 6.07) is 2.64. The van der Waals surface area contributed by atoms with Gasteiger partial charge in [-0.25, -0.2) is 8.42 Å². The average Bonchev–Trinajstić information content (AvgIpc) is 2.52. The zero-order valence-electron chi connectivity index (χ0n) is 15.7. The highest BCUT2D eigenvalue weighted by molar-refractivity contribution is 7.89. The SMILES string of the molecule is CC(C)NC(=O)CC[C@H](NS(=O)(=O)c1cc(Cl)ccc1Cl)C(=O)NC(C)C. The molecular weight excluding hydrogens is 413 g/mol. The molecule has 0 radical (unpaired) electrons. The van der Waals surface area contributed by atoms with Gasteiger partial charge in [0.2, 0.25) is 21.8 Å².